The molecule has 4 nitrogen and oxygen atoms in total. The maximum absolute atomic E-state index is 6.49. The van der Waals surface area contributed by atoms with E-state index in [0.29, 0.717) is 5.82 Å². The molecule has 0 fully saturated rings. The summed E-state index contributed by atoms with van der Waals surface area (Å²) in [6, 6.07) is 51.1. The first-order valence-corrected chi connectivity index (χ1v) is 17.4. The zero-order valence-corrected chi connectivity index (χ0v) is 28.1. The Morgan fingerprint density at radius 2 is 1.12 bits per heavy atom. The van der Waals surface area contributed by atoms with Gasteiger partial charge in [0, 0.05) is 43.5 Å². The molecule has 0 radical (unpaired) electrons. The van der Waals surface area contributed by atoms with E-state index in [1.165, 1.54) is 27.8 Å². The van der Waals surface area contributed by atoms with Gasteiger partial charge >= 0.3 is 0 Å². The quantitative estimate of drug-likeness (QED) is 0.190. The number of nitrogens with zero attached hydrogens (tertiary/aromatic N) is 2. The lowest BCUT2D eigenvalue weighted by atomic mass is 9.82. The van der Waals surface area contributed by atoms with Gasteiger partial charge in [0.2, 0.25) is 0 Å². The van der Waals surface area contributed by atoms with Crippen molar-refractivity contribution >= 4 is 54.8 Å². The van der Waals surface area contributed by atoms with Crippen molar-refractivity contribution in [2.24, 2.45) is 0 Å². The molecular formula is C47H30N2O2. The van der Waals surface area contributed by atoms with Crippen LogP contribution in [0, 0.1) is 0 Å². The molecule has 0 unspecified atom stereocenters. The minimum Gasteiger partial charge on any atom is -0.456 e. The number of hydrogen-bond acceptors (Lipinski definition) is 4. The molecular weight excluding hydrogens is 625 g/mol. The largest absolute Gasteiger partial charge is 0.456 e. The molecule has 3 aromatic heterocycles. The molecule has 10 aromatic rings. The Morgan fingerprint density at radius 1 is 0.451 bits per heavy atom. The summed E-state index contributed by atoms with van der Waals surface area (Å²) in [5, 5.41) is 5.18. The molecule has 0 spiro atoms. The Labute approximate surface area is 293 Å². The number of furan rings is 2. The molecule has 0 atom stereocenters. The minimum atomic E-state index is -0.0291. The summed E-state index contributed by atoms with van der Waals surface area (Å²) < 4.78 is 13.0. The summed E-state index contributed by atoms with van der Waals surface area (Å²) in [5.41, 5.74) is 14.6. The van der Waals surface area contributed by atoms with E-state index in [4.69, 9.17) is 18.8 Å². The van der Waals surface area contributed by atoms with Gasteiger partial charge in [-0.05, 0) is 75.8 Å². The number of hydrogen-bond donors (Lipinski definition) is 0. The van der Waals surface area contributed by atoms with E-state index in [1.807, 2.05) is 42.5 Å². The van der Waals surface area contributed by atoms with Gasteiger partial charge in [-0.2, -0.15) is 0 Å². The van der Waals surface area contributed by atoms with E-state index in [0.717, 1.165) is 77.2 Å². The van der Waals surface area contributed by atoms with Gasteiger partial charge in [-0.3, -0.25) is 0 Å². The van der Waals surface area contributed by atoms with Crippen molar-refractivity contribution in [1.29, 1.82) is 0 Å². The summed E-state index contributed by atoms with van der Waals surface area (Å²) in [6.45, 7) is 4.64. The van der Waals surface area contributed by atoms with Crippen LogP contribution in [-0.2, 0) is 5.41 Å². The van der Waals surface area contributed by atoms with Crippen molar-refractivity contribution in [3.05, 3.63) is 157 Å². The maximum Gasteiger partial charge on any atom is 0.161 e. The molecule has 0 amide bonds. The van der Waals surface area contributed by atoms with Crippen molar-refractivity contribution in [1.82, 2.24) is 9.97 Å². The fourth-order valence-corrected chi connectivity index (χ4v) is 8.43. The van der Waals surface area contributed by atoms with E-state index in [2.05, 4.69) is 117 Å². The molecule has 0 aliphatic heterocycles. The lowest BCUT2D eigenvalue weighted by Crippen LogP contribution is -2.14. The molecule has 51 heavy (non-hydrogen) atoms. The van der Waals surface area contributed by atoms with Gasteiger partial charge in [0.25, 0.3) is 0 Å². The molecule has 11 rings (SSSR count). The molecule has 0 saturated carbocycles. The number of aromatic nitrogens is 2. The van der Waals surface area contributed by atoms with Gasteiger partial charge in [-0.25, -0.2) is 9.97 Å². The SMILES string of the molecule is CC1(C)c2ccccc2-c2cc(-c3ccc4oc5cccc(-c6nc(-c7cccc8c7oc7ccccc78)c7ccccc7n6)c5c4c3)ccc21. The molecule has 7 aromatic carbocycles. The average molecular weight is 655 g/mol. The summed E-state index contributed by atoms with van der Waals surface area (Å²) >= 11 is 0. The average Bonchev–Trinajstić information content (AvgIpc) is 3.82. The van der Waals surface area contributed by atoms with Crippen LogP contribution in [0.1, 0.15) is 25.0 Å². The summed E-state index contributed by atoms with van der Waals surface area (Å²) in [7, 11) is 0. The molecule has 240 valence electrons. The predicted molar refractivity (Wildman–Crippen MR) is 208 cm³/mol. The van der Waals surface area contributed by atoms with E-state index in [9.17, 15) is 0 Å². The van der Waals surface area contributed by atoms with Crippen LogP contribution >= 0.6 is 0 Å². The fourth-order valence-electron chi connectivity index (χ4n) is 8.43. The monoisotopic (exact) mass is 654 g/mol. The number of para-hydroxylation sites is 3. The van der Waals surface area contributed by atoms with Crippen molar-refractivity contribution in [3.63, 3.8) is 0 Å². The van der Waals surface area contributed by atoms with Crippen LogP contribution in [0.4, 0.5) is 0 Å². The van der Waals surface area contributed by atoms with Crippen molar-refractivity contribution in [2.45, 2.75) is 19.3 Å². The van der Waals surface area contributed by atoms with Gasteiger partial charge in [0.05, 0.1) is 11.2 Å². The van der Waals surface area contributed by atoms with Crippen LogP contribution in [-0.4, -0.2) is 9.97 Å². The highest BCUT2D eigenvalue weighted by atomic mass is 16.3. The van der Waals surface area contributed by atoms with Gasteiger partial charge in [-0.1, -0.05) is 117 Å². The highest BCUT2D eigenvalue weighted by molar-refractivity contribution is 6.14. The molecule has 4 heteroatoms. The molecule has 0 bridgehead atoms. The van der Waals surface area contributed by atoms with Crippen LogP contribution in [0.3, 0.4) is 0 Å². The summed E-state index contributed by atoms with van der Waals surface area (Å²) in [4.78, 5) is 10.5. The molecule has 0 saturated heterocycles. The fraction of sp³-hybridized carbons (Fsp3) is 0.0638. The topological polar surface area (TPSA) is 52.1 Å². The first kappa shape index (κ1) is 28.3. The Hall–Kier alpha value is -6.52. The molecule has 3 heterocycles. The lowest BCUT2D eigenvalue weighted by Gasteiger charge is -2.21. The van der Waals surface area contributed by atoms with Gasteiger partial charge in [0.15, 0.2) is 5.82 Å². The highest BCUT2D eigenvalue weighted by Crippen LogP contribution is 2.50. The number of benzene rings is 7. The van der Waals surface area contributed by atoms with Crippen LogP contribution in [0.25, 0.3) is 99.7 Å². The van der Waals surface area contributed by atoms with Crippen LogP contribution in [0.2, 0.25) is 0 Å². The Morgan fingerprint density at radius 3 is 2.06 bits per heavy atom. The number of fused-ring (bicyclic) bond motifs is 10. The van der Waals surface area contributed by atoms with Crippen molar-refractivity contribution in [3.8, 4) is 44.9 Å². The molecule has 1 aliphatic rings. The standard InChI is InChI=1S/C47H30N2O2/c1-47(2)37-17-6-3-11-29(37)35-25-27(21-23-38(35)47)28-22-24-41-36(26-28)43-33(15-10-20-42(43)50-41)46-48-39-18-7-4-13-32(39)44(49-46)34-16-9-14-31-30-12-5-8-19-40(30)51-45(31)34/h3-26H,1-2H3. The normalized spacial score (nSPS) is 13.5. The molecule has 0 N–H and O–H groups in total. The van der Waals surface area contributed by atoms with Crippen LogP contribution in [0.5, 0.6) is 0 Å². The van der Waals surface area contributed by atoms with Gasteiger partial charge < -0.3 is 8.83 Å². The van der Waals surface area contributed by atoms with E-state index < -0.39 is 0 Å². The van der Waals surface area contributed by atoms with E-state index in [1.54, 1.807) is 0 Å². The number of rotatable bonds is 3. The molecule has 1 aliphatic carbocycles. The summed E-state index contributed by atoms with van der Waals surface area (Å²) in [6.07, 6.45) is 0. The second kappa shape index (κ2) is 10.3. The highest BCUT2D eigenvalue weighted by Gasteiger charge is 2.35. The third-order valence-corrected chi connectivity index (χ3v) is 10.9. The van der Waals surface area contributed by atoms with E-state index >= 15 is 0 Å². The Kier molecular flexibility index (Phi) is 5.70. The lowest BCUT2D eigenvalue weighted by molar-refractivity contribution is 0.660. The summed E-state index contributed by atoms with van der Waals surface area (Å²) in [5.74, 6) is 0.645. The second-order valence-corrected chi connectivity index (χ2v) is 14.1. The maximum atomic E-state index is 6.49. The minimum absolute atomic E-state index is 0.0291. The Balaban J connectivity index is 1.12. The zero-order chi connectivity index (χ0) is 33.8. The Bertz CT molecular complexity index is 3070. The second-order valence-electron chi connectivity index (χ2n) is 14.1. The predicted octanol–water partition coefficient (Wildman–Crippen LogP) is 12.7. The van der Waals surface area contributed by atoms with Crippen LogP contribution < -0.4 is 0 Å². The first-order chi connectivity index (χ1) is 25.0. The first-order valence-electron chi connectivity index (χ1n) is 17.4. The third kappa shape index (κ3) is 4.02. The van der Waals surface area contributed by atoms with Crippen molar-refractivity contribution < 1.29 is 8.83 Å². The van der Waals surface area contributed by atoms with Crippen molar-refractivity contribution in [2.75, 3.05) is 0 Å². The van der Waals surface area contributed by atoms with Gasteiger partial charge in [0.1, 0.15) is 22.3 Å². The van der Waals surface area contributed by atoms with Gasteiger partial charge in [-0.15, -0.1) is 0 Å². The van der Waals surface area contributed by atoms with E-state index in [-0.39, 0.29) is 5.41 Å². The smallest absolute Gasteiger partial charge is 0.161 e. The van der Waals surface area contributed by atoms with Crippen LogP contribution in [0.15, 0.2) is 154 Å². The zero-order valence-electron chi connectivity index (χ0n) is 28.1. The third-order valence-electron chi connectivity index (χ3n) is 10.9.